The van der Waals surface area contributed by atoms with Gasteiger partial charge in [0.1, 0.15) is 63.6 Å². The summed E-state index contributed by atoms with van der Waals surface area (Å²) in [4.78, 5) is 100.0. The first kappa shape index (κ1) is 48.9. The zero-order valence-electron chi connectivity index (χ0n) is 36.1. The Morgan fingerprint density at radius 2 is 1.32 bits per heavy atom. The number of H-pyrrole nitrogens is 1. The van der Waals surface area contributed by atoms with Crippen LogP contribution in [0.1, 0.15) is 64.3 Å². The van der Waals surface area contributed by atoms with E-state index in [4.69, 9.17) is 38.9 Å². The maximum Gasteiger partial charge on any atom is 0.408 e. The highest BCUT2D eigenvalue weighted by Crippen LogP contribution is 2.32. The number of amides is 2. The van der Waals surface area contributed by atoms with E-state index < -0.39 is 123 Å². The summed E-state index contributed by atoms with van der Waals surface area (Å²) in [7, 11) is 0. The molecule has 1 aliphatic rings. The van der Waals surface area contributed by atoms with Crippen molar-refractivity contribution < 1.29 is 66.3 Å². The van der Waals surface area contributed by atoms with E-state index in [2.05, 4.69) is 25.6 Å². The molecule has 0 spiro atoms. The van der Waals surface area contributed by atoms with Crippen LogP contribution in [0.15, 0.2) is 71.8 Å². The summed E-state index contributed by atoms with van der Waals surface area (Å²) in [5.41, 5.74) is 6.54. The monoisotopic (exact) mass is 909 g/mol. The number of carbonyl (C=O) groups excluding carboxylic acids is 6. The van der Waals surface area contributed by atoms with E-state index in [1.165, 1.54) is 10.9 Å². The third-order valence-electron chi connectivity index (χ3n) is 9.80. The van der Waals surface area contributed by atoms with E-state index >= 15 is 4.39 Å². The van der Waals surface area contributed by atoms with Crippen molar-refractivity contribution in [3.8, 4) is 0 Å². The van der Waals surface area contributed by atoms with Crippen molar-refractivity contribution in [2.45, 2.75) is 96.9 Å². The van der Waals surface area contributed by atoms with Crippen LogP contribution < -0.4 is 21.9 Å². The van der Waals surface area contributed by atoms with Gasteiger partial charge in [0.15, 0.2) is 17.3 Å². The van der Waals surface area contributed by atoms with Crippen LogP contribution >= 0.6 is 0 Å². The number of hydrogen-bond donors (Lipinski definition) is 4. The fourth-order valence-electron chi connectivity index (χ4n) is 6.28. The predicted molar refractivity (Wildman–Crippen MR) is 225 cm³/mol. The number of nitrogens with two attached hydrogens (primary N) is 1. The van der Waals surface area contributed by atoms with Crippen LogP contribution in [0.5, 0.6) is 0 Å². The van der Waals surface area contributed by atoms with Gasteiger partial charge in [-0.1, -0.05) is 88.4 Å². The Morgan fingerprint density at radius 3 is 1.85 bits per heavy atom. The molecule has 22 heteroatoms. The lowest BCUT2D eigenvalue weighted by atomic mass is 10.1. The number of aromatic amines is 1. The standard InChI is InChI=1S/C43H52FN7O14/c1-24(2)34(47-42(57)62-18-26-11-7-5-8-12-26)39(55)60-20-28(21-61-40(56)35(25(3)4)48-43(58)63-19-27-13-9-6-10-14-27)64-33(53)16-15-32(52)59-22-30-29(44)17-31(65-30)51-23-46-36-37(51)49-41(45)50-38(36)54/h5-14,23-25,28-31,34-35H,15-22H2,1-4H3,(H,47,57)(H,48,58)(H3,45,49,50,54)/t29-,30+,31+,34-,35-/m0/s1. The van der Waals surface area contributed by atoms with Gasteiger partial charge in [-0.25, -0.2) is 28.6 Å². The number of aromatic nitrogens is 4. The summed E-state index contributed by atoms with van der Waals surface area (Å²) in [5.74, 6) is -4.89. The van der Waals surface area contributed by atoms with Crippen molar-refractivity contribution in [1.29, 1.82) is 0 Å². The summed E-state index contributed by atoms with van der Waals surface area (Å²) < 4.78 is 54.1. The Hall–Kier alpha value is -7.10. The van der Waals surface area contributed by atoms with Crippen LogP contribution in [0.3, 0.4) is 0 Å². The number of alkyl carbamates (subject to hydrolysis) is 2. The van der Waals surface area contributed by atoms with E-state index in [1.54, 1.807) is 88.4 Å². The molecular formula is C43H52FN7O14. The molecule has 21 nitrogen and oxygen atoms in total. The Balaban J connectivity index is 1.15. The smallest absolute Gasteiger partial charge is 0.408 e. The normalized spacial score (nSPS) is 16.7. The molecule has 5 rings (SSSR count). The highest BCUT2D eigenvalue weighted by atomic mass is 19.1. The minimum Gasteiger partial charge on any atom is -0.463 e. The molecule has 4 aromatic rings. The molecular weight excluding hydrogens is 858 g/mol. The summed E-state index contributed by atoms with van der Waals surface area (Å²) in [6.45, 7) is 4.63. The van der Waals surface area contributed by atoms with Crippen molar-refractivity contribution in [3.63, 3.8) is 0 Å². The van der Waals surface area contributed by atoms with Crippen molar-refractivity contribution >= 4 is 53.2 Å². The van der Waals surface area contributed by atoms with Crippen LogP contribution in [0, 0.1) is 11.8 Å². The van der Waals surface area contributed by atoms with Crippen molar-refractivity contribution in [2.75, 3.05) is 25.6 Å². The average molecular weight is 910 g/mol. The molecule has 1 aliphatic heterocycles. The molecule has 0 radical (unpaired) electrons. The minimum atomic E-state index is -1.59. The Kier molecular flexibility index (Phi) is 17.7. The molecule has 350 valence electrons. The number of halogens is 1. The van der Waals surface area contributed by atoms with Crippen molar-refractivity contribution in [2.24, 2.45) is 11.8 Å². The van der Waals surface area contributed by atoms with Gasteiger partial charge in [0.2, 0.25) is 5.95 Å². The molecule has 0 bridgehead atoms. The quantitative estimate of drug-likeness (QED) is 0.0687. The average Bonchev–Trinajstić information content (AvgIpc) is 3.88. The van der Waals surface area contributed by atoms with Crippen LogP contribution in [0.4, 0.5) is 19.9 Å². The summed E-state index contributed by atoms with van der Waals surface area (Å²) in [6, 6.07) is 15.3. The van der Waals surface area contributed by atoms with Gasteiger partial charge in [-0.3, -0.25) is 23.9 Å². The fraction of sp³-hybridized carbons (Fsp3) is 0.465. The number of fused-ring (bicyclic) bond motifs is 1. The molecule has 2 aromatic heterocycles. The second kappa shape index (κ2) is 23.5. The van der Waals surface area contributed by atoms with Gasteiger partial charge in [0.25, 0.3) is 5.56 Å². The fourth-order valence-corrected chi connectivity index (χ4v) is 6.28. The number of nitrogens with zero attached hydrogens (tertiary/aromatic N) is 3. The van der Waals surface area contributed by atoms with Gasteiger partial charge >= 0.3 is 36.1 Å². The number of esters is 4. The summed E-state index contributed by atoms with van der Waals surface area (Å²) in [5, 5.41) is 4.93. The number of nitrogens with one attached hydrogen (secondary N) is 3. The van der Waals surface area contributed by atoms with Gasteiger partial charge in [0, 0.05) is 6.42 Å². The Morgan fingerprint density at radius 1 is 0.800 bits per heavy atom. The lowest BCUT2D eigenvalue weighted by Gasteiger charge is -2.24. The number of alkyl halides is 1. The first-order valence-corrected chi connectivity index (χ1v) is 20.7. The maximum absolute atomic E-state index is 15.0. The zero-order chi connectivity index (χ0) is 47.0. The van der Waals surface area contributed by atoms with Crippen LogP contribution in [-0.4, -0.2) is 106 Å². The number of anilines is 1. The van der Waals surface area contributed by atoms with Gasteiger partial charge in [0.05, 0.1) is 19.2 Å². The third kappa shape index (κ3) is 14.7. The Labute approximate surface area is 371 Å². The van der Waals surface area contributed by atoms with E-state index in [-0.39, 0.29) is 36.7 Å². The van der Waals surface area contributed by atoms with Gasteiger partial charge in [-0.05, 0) is 23.0 Å². The van der Waals surface area contributed by atoms with Gasteiger partial charge in [-0.2, -0.15) is 4.98 Å². The second-order valence-corrected chi connectivity index (χ2v) is 15.6. The third-order valence-corrected chi connectivity index (χ3v) is 9.80. The first-order valence-electron chi connectivity index (χ1n) is 20.7. The molecule has 1 saturated heterocycles. The van der Waals surface area contributed by atoms with Gasteiger partial charge < -0.3 is 49.5 Å². The second-order valence-electron chi connectivity index (χ2n) is 15.6. The molecule has 0 unspecified atom stereocenters. The summed E-state index contributed by atoms with van der Waals surface area (Å²) in [6.07, 6.45) is -6.95. The minimum absolute atomic E-state index is 0.0273. The zero-order valence-corrected chi connectivity index (χ0v) is 36.1. The number of carbonyl (C=O) groups is 6. The summed E-state index contributed by atoms with van der Waals surface area (Å²) >= 11 is 0. The molecule has 2 aromatic carbocycles. The number of ether oxygens (including phenoxy) is 7. The van der Waals surface area contributed by atoms with Crippen LogP contribution in [0.2, 0.25) is 0 Å². The molecule has 0 aliphatic carbocycles. The lowest BCUT2D eigenvalue weighted by Crippen LogP contribution is -2.47. The molecule has 5 atom stereocenters. The number of imidazole rings is 1. The number of nitrogen functional groups attached to an aromatic ring is 1. The molecule has 3 heterocycles. The molecule has 5 N–H and O–H groups in total. The van der Waals surface area contributed by atoms with Crippen LogP contribution in [0.25, 0.3) is 11.2 Å². The van der Waals surface area contributed by atoms with E-state index in [1.807, 2.05) is 0 Å². The van der Waals surface area contributed by atoms with Crippen LogP contribution in [-0.2, 0) is 65.5 Å². The highest BCUT2D eigenvalue weighted by Gasteiger charge is 2.38. The first-order chi connectivity index (χ1) is 31.1. The highest BCUT2D eigenvalue weighted by molar-refractivity contribution is 5.82. The number of hydrogen-bond acceptors (Lipinski definition) is 17. The largest absolute Gasteiger partial charge is 0.463 e. The van der Waals surface area contributed by atoms with E-state index in [0.29, 0.717) is 11.1 Å². The number of rotatable bonds is 21. The topological polar surface area (TPSA) is 281 Å². The molecule has 1 fully saturated rings. The van der Waals surface area contributed by atoms with E-state index in [9.17, 15) is 33.6 Å². The molecule has 2 amide bonds. The van der Waals surface area contributed by atoms with E-state index in [0.717, 1.165) is 0 Å². The van der Waals surface area contributed by atoms with Gasteiger partial charge in [-0.15, -0.1) is 0 Å². The lowest BCUT2D eigenvalue weighted by molar-refractivity contribution is -0.169. The van der Waals surface area contributed by atoms with Crippen molar-refractivity contribution in [1.82, 2.24) is 30.2 Å². The van der Waals surface area contributed by atoms with Crippen molar-refractivity contribution in [3.05, 3.63) is 88.5 Å². The predicted octanol–water partition coefficient (Wildman–Crippen LogP) is 3.55. The molecule has 65 heavy (non-hydrogen) atoms. The number of benzene rings is 2. The maximum atomic E-state index is 15.0. The SMILES string of the molecule is CC(C)[C@H](NC(=O)OCc1ccccc1)C(=O)OCC(COC(=O)[C@@H](NC(=O)OCc1ccccc1)C(C)C)OC(=O)CCC(=O)OC[C@H]1O[C@@H](n2cnc3c(=O)[nH]c(N)nc32)C[C@@H]1F. The Bertz CT molecular complexity index is 2220. The molecule has 0 saturated carbocycles.